The lowest BCUT2D eigenvalue weighted by atomic mass is 10.2. The molecule has 1 unspecified atom stereocenters. The zero-order valence-corrected chi connectivity index (χ0v) is 9.92. The molecule has 3 heteroatoms. The Morgan fingerprint density at radius 3 is 2.53 bits per heavy atom. The molecule has 0 saturated carbocycles. The van der Waals surface area contributed by atoms with Crippen LogP contribution in [-0.2, 0) is 0 Å². The predicted octanol–water partition coefficient (Wildman–Crippen LogP) is 3.24. The molecule has 17 heavy (non-hydrogen) atoms. The first kappa shape index (κ1) is 11.6. The van der Waals surface area contributed by atoms with E-state index in [1.54, 1.807) is 19.2 Å². The topological polar surface area (TPSA) is 42.4 Å². The van der Waals surface area contributed by atoms with Gasteiger partial charge in [-0.3, -0.25) is 0 Å². The molecule has 0 aliphatic rings. The molecule has 0 aliphatic heterocycles. The average molecular weight is 229 g/mol. The predicted molar refractivity (Wildman–Crippen MR) is 66.1 cm³/mol. The van der Waals surface area contributed by atoms with E-state index in [4.69, 9.17) is 4.74 Å². The van der Waals surface area contributed by atoms with Crippen LogP contribution in [0.3, 0.4) is 0 Å². The first-order valence-electron chi connectivity index (χ1n) is 5.54. The molecule has 1 aromatic carbocycles. The van der Waals surface area contributed by atoms with Crippen molar-refractivity contribution in [1.29, 1.82) is 0 Å². The van der Waals surface area contributed by atoms with Crippen molar-refractivity contribution in [3.63, 3.8) is 0 Å². The third-order valence-electron chi connectivity index (χ3n) is 2.55. The van der Waals surface area contributed by atoms with Crippen molar-refractivity contribution in [3.05, 3.63) is 53.7 Å². The number of benzene rings is 1. The number of nitrogens with zero attached hydrogens (tertiary/aromatic N) is 1. The van der Waals surface area contributed by atoms with E-state index in [0.717, 1.165) is 16.9 Å². The van der Waals surface area contributed by atoms with Gasteiger partial charge in [-0.1, -0.05) is 18.2 Å². The van der Waals surface area contributed by atoms with Gasteiger partial charge in [-0.05, 0) is 37.1 Å². The highest BCUT2D eigenvalue weighted by Gasteiger charge is 2.04. The summed E-state index contributed by atoms with van der Waals surface area (Å²) in [5, 5.41) is 9.37. The zero-order valence-electron chi connectivity index (χ0n) is 9.92. The molecule has 0 fully saturated rings. The fourth-order valence-corrected chi connectivity index (χ4v) is 1.48. The summed E-state index contributed by atoms with van der Waals surface area (Å²) in [5.74, 6) is 1.33. The quantitative estimate of drug-likeness (QED) is 0.878. The van der Waals surface area contributed by atoms with E-state index in [-0.39, 0.29) is 0 Å². The van der Waals surface area contributed by atoms with Crippen molar-refractivity contribution in [2.75, 3.05) is 0 Å². The zero-order chi connectivity index (χ0) is 12.3. The van der Waals surface area contributed by atoms with E-state index in [1.807, 2.05) is 37.3 Å². The van der Waals surface area contributed by atoms with Gasteiger partial charge >= 0.3 is 0 Å². The van der Waals surface area contributed by atoms with E-state index in [1.165, 1.54) is 0 Å². The Bertz CT molecular complexity index is 492. The Labute approximate surface area is 101 Å². The minimum absolute atomic E-state index is 0.505. The molecule has 1 aromatic heterocycles. The lowest BCUT2D eigenvalue weighted by Gasteiger charge is -2.08. The molecule has 0 radical (unpaired) electrons. The van der Waals surface area contributed by atoms with Crippen LogP contribution in [0.25, 0.3) is 0 Å². The summed E-state index contributed by atoms with van der Waals surface area (Å²) in [5.41, 5.74) is 1.84. The number of hydrogen-bond donors (Lipinski definition) is 1. The van der Waals surface area contributed by atoms with Gasteiger partial charge < -0.3 is 9.84 Å². The highest BCUT2D eigenvalue weighted by atomic mass is 16.5. The minimum Gasteiger partial charge on any atom is -0.439 e. The van der Waals surface area contributed by atoms with E-state index < -0.39 is 6.10 Å². The first-order valence-corrected chi connectivity index (χ1v) is 5.54. The monoisotopic (exact) mass is 229 g/mol. The molecule has 0 spiro atoms. The summed E-state index contributed by atoms with van der Waals surface area (Å²) in [4.78, 5) is 4.15. The maximum atomic E-state index is 9.37. The number of aliphatic hydroxyl groups is 1. The van der Waals surface area contributed by atoms with Crippen molar-refractivity contribution < 1.29 is 9.84 Å². The fourth-order valence-electron chi connectivity index (χ4n) is 1.48. The number of pyridine rings is 1. The molecular formula is C14H15NO2. The summed E-state index contributed by atoms with van der Waals surface area (Å²) in [6.07, 6.45) is 1.12. The minimum atomic E-state index is -0.505. The SMILES string of the molecule is Cc1ccccc1Oc1ccc(C(C)O)cn1. The molecule has 1 heterocycles. The van der Waals surface area contributed by atoms with Crippen molar-refractivity contribution >= 4 is 0 Å². The van der Waals surface area contributed by atoms with Crippen LogP contribution in [0.2, 0.25) is 0 Å². The molecule has 0 amide bonds. The number of ether oxygens (including phenoxy) is 1. The van der Waals surface area contributed by atoms with Gasteiger partial charge in [-0.2, -0.15) is 0 Å². The number of aromatic nitrogens is 1. The molecule has 3 nitrogen and oxygen atoms in total. The second kappa shape index (κ2) is 4.97. The summed E-state index contributed by atoms with van der Waals surface area (Å²) in [6, 6.07) is 11.3. The van der Waals surface area contributed by atoms with Crippen LogP contribution in [0.1, 0.15) is 24.2 Å². The summed E-state index contributed by atoms with van der Waals surface area (Å²) < 4.78 is 5.65. The number of para-hydroxylation sites is 1. The second-order valence-electron chi connectivity index (χ2n) is 3.97. The van der Waals surface area contributed by atoms with Gasteiger partial charge in [-0.15, -0.1) is 0 Å². The van der Waals surface area contributed by atoms with E-state index in [2.05, 4.69) is 4.98 Å². The lowest BCUT2D eigenvalue weighted by Crippen LogP contribution is -1.94. The smallest absolute Gasteiger partial charge is 0.219 e. The van der Waals surface area contributed by atoms with Crippen LogP contribution < -0.4 is 4.74 Å². The van der Waals surface area contributed by atoms with Crippen LogP contribution in [0.15, 0.2) is 42.6 Å². The van der Waals surface area contributed by atoms with Gasteiger partial charge in [0, 0.05) is 12.3 Å². The highest BCUT2D eigenvalue weighted by Crippen LogP contribution is 2.23. The number of aryl methyl sites for hydroxylation is 1. The Morgan fingerprint density at radius 2 is 1.94 bits per heavy atom. The van der Waals surface area contributed by atoms with E-state index in [0.29, 0.717) is 5.88 Å². The normalized spacial score (nSPS) is 12.2. The van der Waals surface area contributed by atoms with Crippen LogP contribution in [0.4, 0.5) is 0 Å². The van der Waals surface area contributed by atoms with Gasteiger partial charge in [0.1, 0.15) is 5.75 Å². The first-order chi connectivity index (χ1) is 8.16. The molecule has 0 aliphatic carbocycles. The largest absolute Gasteiger partial charge is 0.439 e. The molecule has 0 bridgehead atoms. The Morgan fingerprint density at radius 1 is 1.18 bits per heavy atom. The Hall–Kier alpha value is -1.87. The highest BCUT2D eigenvalue weighted by molar-refractivity contribution is 5.35. The van der Waals surface area contributed by atoms with Crippen LogP contribution in [0, 0.1) is 6.92 Å². The summed E-state index contributed by atoms with van der Waals surface area (Å²) >= 11 is 0. The molecule has 0 saturated heterocycles. The molecule has 88 valence electrons. The van der Waals surface area contributed by atoms with Gasteiger partial charge in [0.25, 0.3) is 0 Å². The van der Waals surface area contributed by atoms with Crippen LogP contribution in [-0.4, -0.2) is 10.1 Å². The molecule has 2 aromatic rings. The van der Waals surface area contributed by atoms with Crippen LogP contribution in [0.5, 0.6) is 11.6 Å². The van der Waals surface area contributed by atoms with Gasteiger partial charge in [0.15, 0.2) is 0 Å². The molecule has 2 rings (SSSR count). The van der Waals surface area contributed by atoms with Crippen molar-refractivity contribution in [1.82, 2.24) is 4.98 Å². The third-order valence-corrected chi connectivity index (χ3v) is 2.55. The van der Waals surface area contributed by atoms with E-state index in [9.17, 15) is 5.11 Å². The maximum absolute atomic E-state index is 9.37. The molecule has 1 N–H and O–H groups in total. The number of hydrogen-bond acceptors (Lipinski definition) is 3. The number of rotatable bonds is 3. The Balaban J connectivity index is 2.17. The maximum Gasteiger partial charge on any atom is 0.219 e. The fraction of sp³-hybridized carbons (Fsp3) is 0.214. The molecule has 1 atom stereocenters. The van der Waals surface area contributed by atoms with Gasteiger partial charge in [0.05, 0.1) is 6.10 Å². The van der Waals surface area contributed by atoms with Gasteiger partial charge in [0.2, 0.25) is 5.88 Å². The number of aliphatic hydroxyl groups excluding tert-OH is 1. The van der Waals surface area contributed by atoms with Gasteiger partial charge in [-0.25, -0.2) is 4.98 Å². The van der Waals surface area contributed by atoms with Crippen molar-refractivity contribution in [3.8, 4) is 11.6 Å². The standard InChI is InChI=1S/C14H15NO2/c1-10-5-3-4-6-13(10)17-14-8-7-12(9-15-14)11(2)16/h3-9,11,16H,1-2H3. The van der Waals surface area contributed by atoms with Crippen molar-refractivity contribution in [2.45, 2.75) is 20.0 Å². The lowest BCUT2D eigenvalue weighted by molar-refractivity contribution is 0.198. The second-order valence-corrected chi connectivity index (χ2v) is 3.97. The van der Waals surface area contributed by atoms with Crippen molar-refractivity contribution in [2.24, 2.45) is 0 Å². The Kier molecular flexibility index (Phi) is 3.40. The summed E-state index contributed by atoms with van der Waals surface area (Å²) in [6.45, 7) is 3.69. The van der Waals surface area contributed by atoms with Crippen LogP contribution >= 0.6 is 0 Å². The average Bonchev–Trinajstić information content (AvgIpc) is 2.33. The molecular weight excluding hydrogens is 214 g/mol. The van der Waals surface area contributed by atoms with E-state index >= 15 is 0 Å². The summed E-state index contributed by atoms with van der Waals surface area (Å²) in [7, 11) is 0. The third kappa shape index (κ3) is 2.82.